The van der Waals surface area contributed by atoms with Gasteiger partial charge in [0.1, 0.15) is 12.1 Å². The van der Waals surface area contributed by atoms with Gasteiger partial charge in [0.15, 0.2) is 0 Å². The van der Waals surface area contributed by atoms with E-state index in [4.69, 9.17) is 5.73 Å². The minimum absolute atomic E-state index is 0.159. The number of nitrogens with zero attached hydrogens (tertiary/aromatic N) is 2. The molecular formula is C14H11FN4O. The molecule has 6 heteroatoms. The highest BCUT2D eigenvalue weighted by Crippen LogP contribution is 2.14. The molecule has 0 fully saturated rings. The topological polar surface area (TPSA) is 80.9 Å². The molecule has 1 aromatic carbocycles. The minimum atomic E-state index is -0.520. The summed E-state index contributed by atoms with van der Waals surface area (Å²) < 4.78 is 13.7. The molecule has 5 nitrogen and oxygen atoms in total. The number of anilines is 1. The number of nitrogens with two attached hydrogens (primary N) is 1. The molecule has 0 aliphatic heterocycles. The molecule has 0 saturated carbocycles. The van der Waals surface area contributed by atoms with Gasteiger partial charge < -0.3 is 11.1 Å². The average Bonchev–Trinajstić information content (AvgIpc) is 2.47. The van der Waals surface area contributed by atoms with Crippen molar-refractivity contribution in [2.45, 2.75) is 0 Å². The van der Waals surface area contributed by atoms with Gasteiger partial charge in [0.2, 0.25) is 0 Å². The third kappa shape index (κ3) is 3.37. The maximum Gasteiger partial charge on any atom is 0.258 e. The zero-order chi connectivity index (χ0) is 14.4. The number of carbonyl (C=O) groups excluding carboxylic acids is 1. The third-order valence-electron chi connectivity index (χ3n) is 2.37. The van der Waals surface area contributed by atoms with Crippen LogP contribution in [0.15, 0.2) is 36.9 Å². The quantitative estimate of drug-likeness (QED) is 0.803. The fraction of sp³-hybridized carbons (Fsp3) is 0.0714. The number of hydrogen-bond donors (Lipinski definition) is 2. The zero-order valence-electron chi connectivity index (χ0n) is 10.4. The van der Waals surface area contributed by atoms with Crippen LogP contribution in [0.4, 0.5) is 10.1 Å². The van der Waals surface area contributed by atoms with Crippen LogP contribution >= 0.6 is 0 Å². The standard InChI is InChI=1S/C14H11FN4O/c15-13-6-12(4-3-10(13)2-1-5-16)19-14(20)11-7-17-9-18-8-11/h3-4,6-9H,5,16H2,(H,19,20). The van der Waals surface area contributed by atoms with Crippen molar-refractivity contribution in [3.05, 3.63) is 53.9 Å². The zero-order valence-corrected chi connectivity index (χ0v) is 10.4. The van der Waals surface area contributed by atoms with E-state index in [-0.39, 0.29) is 12.1 Å². The largest absolute Gasteiger partial charge is 0.322 e. The van der Waals surface area contributed by atoms with Crippen molar-refractivity contribution in [1.29, 1.82) is 0 Å². The molecule has 2 aromatic rings. The molecule has 1 amide bonds. The van der Waals surface area contributed by atoms with E-state index in [1.165, 1.54) is 30.9 Å². The second kappa shape index (κ2) is 6.41. The van der Waals surface area contributed by atoms with Gasteiger partial charge >= 0.3 is 0 Å². The van der Waals surface area contributed by atoms with Crippen molar-refractivity contribution < 1.29 is 9.18 Å². The van der Waals surface area contributed by atoms with Crippen molar-refractivity contribution in [1.82, 2.24) is 9.97 Å². The molecule has 0 atom stereocenters. The van der Waals surface area contributed by atoms with Crippen LogP contribution in [0, 0.1) is 17.7 Å². The second-order valence-corrected chi connectivity index (χ2v) is 3.78. The Morgan fingerprint density at radius 3 is 2.75 bits per heavy atom. The van der Waals surface area contributed by atoms with E-state index in [2.05, 4.69) is 27.1 Å². The molecule has 0 bridgehead atoms. The third-order valence-corrected chi connectivity index (χ3v) is 2.37. The van der Waals surface area contributed by atoms with Gasteiger partial charge in [-0.25, -0.2) is 14.4 Å². The van der Waals surface area contributed by atoms with Gasteiger partial charge in [-0.05, 0) is 18.2 Å². The van der Waals surface area contributed by atoms with Gasteiger partial charge in [0, 0.05) is 18.1 Å². The summed E-state index contributed by atoms with van der Waals surface area (Å²) in [7, 11) is 0. The van der Waals surface area contributed by atoms with Crippen molar-refractivity contribution in [3.63, 3.8) is 0 Å². The summed E-state index contributed by atoms with van der Waals surface area (Å²) in [5, 5.41) is 2.55. The molecule has 0 aliphatic rings. The molecule has 0 aliphatic carbocycles. The summed E-state index contributed by atoms with van der Waals surface area (Å²) in [5.74, 6) is 4.24. The summed E-state index contributed by atoms with van der Waals surface area (Å²) in [6, 6.07) is 4.24. The molecule has 0 spiro atoms. The SMILES string of the molecule is NCC#Cc1ccc(NC(=O)c2cncnc2)cc1F. The highest BCUT2D eigenvalue weighted by molar-refractivity contribution is 6.03. The lowest BCUT2D eigenvalue weighted by Crippen LogP contribution is -2.12. The molecule has 0 saturated heterocycles. The Morgan fingerprint density at radius 2 is 2.10 bits per heavy atom. The van der Waals surface area contributed by atoms with Gasteiger partial charge in [-0.2, -0.15) is 0 Å². The Bertz CT molecular complexity index is 677. The van der Waals surface area contributed by atoms with E-state index in [0.29, 0.717) is 11.3 Å². The predicted molar refractivity (Wildman–Crippen MR) is 72.3 cm³/mol. The monoisotopic (exact) mass is 270 g/mol. The smallest absolute Gasteiger partial charge is 0.258 e. The fourth-order valence-corrected chi connectivity index (χ4v) is 1.46. The Kier molecular flexibility index (Phi) is 4.37. The van der Waals surface area contributed by atoms with Gasteiger partial charge in [-0.1, -0.05) is 11.8 Å². The first kappa shape index (κ1) is 13.6. The van der Waals surface area contributed by atoms with E-state index in [0.717, 1.165) is 0 Å². The summed E-state index contributed by atoms with van der Waals surface area (Å²) in [6.07, 6.45) is 4.07. The maximum atomic E-state index is 13.7. The van der Waals surface area contributed by atoms with Gasteiger partial charge in [0.25, 0.3) is 5.91 Å². The number of aromatic nitrogens is 2. The van der Waals surface area contributed by atoms with Crippen LogP contribution in [0.2, 0.25) is 0 Å². The second-order valence-electron chi connectivity index (χ2n) is 3.78. The summed E-state index contributed by atoms with van der Waals surface area (Å²) in [6.45, 7) is 0.159. The van der Waals surface area contributed by atoms with Crippen molar-refractivity contribution in [3.8, 4) is 11.8 Å². The first-order valence-electron chi connectivity index (χ1n) is 5.75. The van der Waals surface area contributed by atoms with Crippen LogP contribution in [0.1, 0.15) is 15.9 Å². The van der Waals surface area contributed by atoms with Gasteiger partial charge in [0.05, 0.1) is 17.7 Å². The van der Waals surface area contributed by atoms with Crippen LogP contribution in [0.25, 0.3) is 0 Å². The normalized spacial score (nSPS) is 9.50. The number of rotatable bonds is 2. The lowest BCUT2D eigenvalue weighted by atomic mass is 10.2. The van der Waals surface area contributed by atoms with Crippen LogP contribution in [-0.2, 0) is 0 Å². The molecule has 1 heterocycles. The first-order chi connectivity index (χ1) is 9.70. The molecule has 2 rings (SSSR count). The minimum Gasteiger partial charge on any atom is -0.322 e. The highest BCUT2D eigenvalue weighted by atomic mass is 19.1. The predicted octanol–water partition coefficient (Wildman–Crippen LogP) is 1.18. The highest BCUT2D eigenvalue weighted by Gasteiger charge is 2.08. The van der Waals surface area contributed by atoms with E-state index in [1.807, 2.05) is 0 Å². The Balaban J connectivity index is 2.15. The van der Waals surface area contributed by atoms with E-state index in [9.17, 15) is 9.18 Å². The number of halogens is 1. The number of hydrogen-bond acceptors (Lipinski definition) is 4. The summed E-state index contributed by atoms with van der Waals surface area (Å²) >= 11 is 0. The first-order valence-corrected chi connectivity index (χ1v) is 5.75. The fourth-order valence-electron chi connectivity index (χ4n) is 1.46. The number of benzene rings is 1. The molecule has 20 heavy (non-hydrogen) atoms. The molecule has 100 valence electrons. The number of amides is 1. The van der Waals surface area contributed by atoms with Crippen molar-refractivity contribution in [2.75, 3.05) is 11.9 Å². The van der Waals surface area contributed by atoms with Crippen LogP contribution in [0.3, 0.4) is 0 Å². The lowest BCUT2D eigenvalue weighted by molar-refractivity contribution is 0.102. The summed E-state index contributed by atoms with van der Waals surface area (Å²) in [5.41, 5.74) is 6.07. The lowest BCUT2D eigenvalue weighted by Gasteiger charge is -2.05. The number of carbonyl (C=O) groups is 1. The Hall–Kier alpha value is -2.78. The van der Waals surface area contributed by atoms with Crippen molar-refractivity contribution in [2.24, 2.45) is 5.73 Å². The van der Waals surface area contributed by atoms with Crippen LogP contribution in [-0.4, -0.2) is 22.4 Å². The molecule has 0 unspecified atom stereocenters. The Labute approximate surface area is 115 Å². The van der Waals surface area contributed by atoms with Gasteiger partial charge in [-0.3, -0.25) is 4.79 Å². The van der Waals surface area contributed by atoms with E-state index >= 15 is 0 Å². The summed E-state index contributed by atoms with van der Waals surface area (Å²) in [4.78, 5) is 19.3. The molecule has 1 aromatic heterocycles. The average molecular weight is 270 g/mol. The van der Waals surface area contributed by atoms with Crippen molar-refractivity contribution >= 4 is 11.6 Å². The van der Waals surface area contributed by atoms with E-state index in [1.54, 1.807) is 6.07 Å². The van der Waals surface area contributed by atoms with E-state index < -0.39 is 11.7 Å². The molecular weight excluding hydrogens is 259 g/mol. The Morgan fingerprint density at radius 1 is 1.35 bits per heavy atom. The molecule has 0 radical (unpaired) electrons. The molecule has 3 N–H and O–H groups in total. The van der Waals surface area contributed by atoms with Crippen LogP contribution < -0.4 is 11.1 Å². The van der Waals surface area contributed by atoms with Crippen LogP contribution in [0.5, 0.6) is 0 Å². The number of nitrogens with one attached hydrogen (secondary N) is 1. The maximum absolute atomic E-state index is 13.7. The van der Waals surface area contributed by atoms with Gasteiger partial charge in [-0.15, -0.1) is 0 Å².